The van der Waals surface area contributed by atoms with Crippen molar-refractivity contribution < 1.29 is 24.3 Å². The number of benzene rings is 2. The van der Waals surface area contributed by atoms with Crippen LogP contribution in [0.15, 0.2) is 42.5 Å². The van der Waals surface area contributed by atoms with Crippen LogP contribution in [-0.4, -0.2) is 47.7 Å². The molecule has 166 valence electrons. The van der Waals surface area contributed by atoms with E-state index < -0.39 is 24.5 Å². The van der Waals surface area contributed by atoms with Gasteiger partial charge in [0.25, 0.3) is 5.91 Å². The van der Waals surface area contributed by atoms with E-state index in [-0.39, 0.29) is 28.3 Å². The van der Waals surface area contributed by atoms with Gasteiger partial charge in [-0.15, -0.1) is 0 Å². The standard InChI is InChI=1S/C25H26N2O5/c28-14-21(25(32)26-13-15-6-2-1-3-7-15)27-24(31)16-10-11-19-20(12-16)23(30)18-9-5-4-8-17(18)22(19)29/h4-5,8-12,15,21,28H,1-3,6-7,13-14H2,(H,26,32)(H,27,31). The molecule has 0 spiro atoms. The second-order valence-electron chi connectivity index (χ2n) is 8.42. The number of carbonyl (C=O) groups excluding carboxylic acids is 4. The number of aliphatic hydroxyl groups is 1. The molecule has 7 nitrogen and oxygen atoms in total. The molecule has 0 heterocycles. The maximum absolute atomic E-state index is 12.9. The Hall–Kier alpha value is -3.32. The van der Waals surface area contributed by atoms with Crippen LogP contribution in [-0.2, 0) is 4.79 Å². The zero-order valence-corrected chi connectivity index (χ0v) is 17.7. The first kappa shape index (κ1) is 21.9. The summed E-state index contributed by atoms with van der Waals surface area (Å²) in [5, 5.41) is 15.0. The number of carbonyl (C=O) groups is 4. The lowest BCUT2D eigenvalue weighted by molar-refractivity contribution is -0.124. The predicted octanol–water partition coefficient (Wildman–Crippen LogP) is 2.25. The second kappa shape index (κ2) is 9.44. The van der Waals surface area contributed by atoms with Crippen LogP contribution < -0.4 is 10.6 Å². The van der Waals surface area contributed by atoms with Gasteiger partial charge in [0.05, 0.1) is 6.61 Å². The lowest BCUT2D eigenvalue weighted by Crippen LogP contribution is -2.49. The fourth-order valence-electron chi connectivity index (χ4n) is 4.44. The van der Waals surface area contributed by atoms with Crippen LogP contribution >= 0.6 is 0 Å². The summed E-state index contributed by atoms with van der Waals surface area (Å²) in [6.07, 6.45) is 5.68. The first-order chi connectivity index (χ1) is 15.5. The summed E-state index contributed by atoms with van der Waals surface area (Å²) in [6, 6.07) is 9.75. The van der Waals surface area contributed by atoms with E-state index in [2.05, 4.69) is 10.6 Å². The van der Waals surface area contributed by atoms with E-state index in [0.29, 0.717) is 23.6 Å². The van der Waals surface area contributed by atoms with Crippen LogP contribution in [0.1, 0.15) is 74.3 Å². The highest BCUT2D eigenvalue weighted by Crippen LogP contribution is 2.28. The number of rotatable bonds is 6. The Morgan fingerprint density at radius 2 is 1.53 bits per heavy atom. The average Bonchev–Trinajstić information content (AvgIpc) is 2.84. The average molecular weight is 434 g/mol. The van der Waals surface area contributed by atoms with Crippen molar-refractivity contribution in [1.29, 1.82) is 0 Å². The largest absolute Gasteiger partial charge is 0.394 e. The van der Waals surface area contributed by atoms with Crippen molar-refractivity contribution in [2.45, 2.75) is 38.1 Å². The number of hydrogen-bond acceptors (Lipinski definition) is 5. The number of hydrogen-bond donors (Lipinski definition) is 3. The van der Waals surface area contributed by atoms with Gasteiger partial charge in [-0.05, 0) is 37.0 Å². The third-order valence-corrected chi connectivity index (χ3v) is 6.28. The molecule has 32 heavy (non-hydrogen) atoms. The first-order valence-corrected chi connectivity index (χ1v) is 11.0. The molecule has 2 aromatic rings. The summed E-state index contributed by atoms with van der Waals surface area (Å²) < 4.78 is 0. The molecule has 2 aliphatic carbocycles. The molecular formula is C25H26N2O5. The molecule has 0 aliphatic heterocycles. The van der Waals surface area contributed by atoms with Crippen LogP contribution in [0.5, 0.6) is 0 Å². The molecule has 7 heteroatoms. The number of fused-ring (bicyclic) bond motifs is 2. The molecule has 2 aliphatic rings. The lowest BCUT2D eigenvalue weighted by atomic mass is 9.83. The molecule has 0 bridgehead atoms. The lowest BCUT2D eigenvalue weighted by Gasteiger charge is -2.23. The molecule has 3 N–H and O–H groups in total. The second-order valence-corrected chi connectivity index (χ2v) is 8.42. The van der Waals surface area contributed by atoms with E-state index in [4.69, 9.17) is 0 Å². The summed E-state index contributed by atoms with van der Waals surface area (Å²) in [5.41, 5.74) is 1.19. The molecule has 0 saturated heterocycles. The minimum Gasteiger partial charge on any atom is -0.394 e. The van der Waals surface area contributed by atoms with Crippen LogP contribution in [0.4, 0.5) is 0 Å². The zero-order valence-electron chi connectivity index (χ0n) is 17.7. The molecule has 2 amide bonds. The fraction of sp³-hybridized carbons (Fsp3) is 0.360. The van der Waals surface area contributed by atoms with Crippen LogP contribution in [0, 0.1) is 5.92 Å². The minimum atomic E-state index is -1.10. The van der Waals surface area contributed by atoms with Gasteiger partial charge in [-0.2, -0.15) is 0 Å². The maximum Gasteiger partial charge on any atom is 0.252 e. The van der Waals surface area contributed by atoms with Gasteiger partial charge in [-0.25, -0.2) is 0 Å². The number of amides is 2. The molecule has 1 unspecified atom stereocenters. The van der Waals surface area contributed by atoms with Crippen molar-refractivity contribution in [3.05, 3.63) is 70.3 Å². The molecule has 2 aromatic carbocycles. The summed E-state index contributed by atoms with van der Waals surface area (Å²) in [7, 11) is 0. The Balaban J connectivity index is 1.45. The molecule has 1 saturated carbocycles. The van der Waals surface area contributed by atoms with Gasteiger partial charge in [-0.1, -0.05) is 43.5 Å². The SMILES string of the molecule is O=C(NC(CO)C(=O)NCC1CCCCC1)c1ccc2c(c1)C(=O)c1ccccc1C2=O. The van der Waals surface area contributed by atoms with Crippen molar-refractivity contribution in [2.24, 2.45) is 5.92 Å². The summed E-state index contributed by atoms with van der Waals surface area (Å²) in [4.78, 5) is 50.8. The van der Waals surface area contributed by atoms with E-state index in [1.165, 1.54) is 24.6 Å². The summed E-state index contributed by atoms with van der Waals surface area (Å²) >= 11 is 0. The van der Waals surface area contributed by atoms with E-state index in [0.717, 1.165) is 25.7 Å². The number of aliphatic hydroxyl groups excluding tert-OH is 1. The van der Waals surface area contributed by atoms with E-state index in [1.54, 1.807) is 24.3 Å². The first-order valence-electron chi connectivity index (χ1n) is 11.0. The highest BCUT2D eigenvalue weighted by atomic mass is 16.3. The van der Waals surface area contributed by atoms with Gasteiger partial charge in [0.15, 0.2) is 11.6 Å². The molecular weight excluding hydrogens is 408 g/mol. The van der Waals surface area contributed by atoms with Crippen molar-refractivity contribution >= 4 is 23.4 Å². The quantitative estimate of drug-likeness (QED) is 0.551. The van der Waals surface area contributed by atoms with Crippen LogP contribution in [0.3, 0.4) is 0 Å². The predicted molar refractivity (Wildman–Crippen MR) is 118 cm³/mol. The van der Waals surface area contributed by atoms with E-state index in [9.17, 15) is 24.3 Å². The third kappa shape index (κ3) is 4.34. The molecule has 1 atom stereocenters. The third-order valence-electron chi connectivity index (χ3n) is 6.28. The molecule has 4 rings (SSSR count). The minimum absolute atomic E-state index is 0.141. The number of ketones is 2. The van der Waals surface area contributed by atoms with Crippen LogP contribution in [0.25, 0.3) is 0 Å². The topological polar surface area (TPSA) is 113 Å². The van der Waals surface area contributed by atoms with Gasteiger partial charge in [0, 0.05) is 34.4 Å². The molecule has 0 aromatic heterocycles. The smallest absolute Gasteiger partial charge is 0.252 e. The van der Waals surface area contributed by atoms with Crippen molar-refractivity contribution in [1.82, 2.24) is 10.6 Å². The van der Waals surface area contributed by atoms with Gasteiger partial charge in [-0.3, -0.25) is 19.2 Å². The molecule has 0 radical (unpaired) electrons. The number of nitrogens with one attached hydrogen (secondary N) is 2. The Labute approximate surface area is 186 Å². The molecule has 1 fully saturated rings. The Bertz CT molecular complexity index is 1070. The van der Waals surface area contributed by atoms with Crippen molar-refractivity contribution in [3.63, 3.8) is 0 Å². The van der Waals surface area contributed by atoms with E-state index in [1.807, 2.05) is 0 Å². The van der Waals surface area contributed by atoms with Crippen LogP contribution in [0.2, 0.25) is 0 Å². The Kier molecular flexibility index (Phi) is 6.46. The fourth-order valence-corrected chi connectivity index (χ4v) is 4.44. The highest BCUT2D eigenvalue weighted by Gasteiger charge is 2.30. The monoisotopic (exact) mass is 434 g/mol. The highest BCUT2D eigenvalue weighted by molar-refractivity contribution is 6.28. The maximum atomic E-state index is 12.9. The Morgan fingerprint density at radius 3 is 2.19 bits per heavy atom. The zero-order chi connectivity index (χ0) is 22.7. The van der Waals surface area contributed by atoms with Crippen molar-refractivity contribution in [3.8, 4) is 0 Å². The van der Waals surface area contributed by atoms with Gasteiger partial charge >= 0.3 is 0 Å². The Morgan fingerprint density at radius 1 is 0.906 bits per heavy atom. The van der Waals surface area contributed by atoms with Gasteiger partial charge < -0.3 is 15.7 Å². The van der Waals surface area contributed by atoms with Gasteiger partial charge in [0.1, 0.15) is 6.04 Å². The van der Waals surface area contributed by atoms with Crippen molar-refractivity contribution in [2.75, 3.05) is 13.2 Å². The van der Waals surface area contributed by atoms with E-state index >= 15 is 0 Å². The summed E-state index contributed by atoms with van der Waals surface area (Å²) in [5.74, 6) is -1.20. The summed E-state index contributed by atoms with van der Waals surface area (Å²) in [6.45, 7) is -0.0158. The normalized spacial score (nSPS) is 16.7. The van der Waals surface area contributed by atoms with Gasteiger partial charge in [0.2, 0.25) is 5.91 Å².